The highest BCUT2D eigenvalue weighted by Gasteiger charge is 2.26. The molecule has 44 heavy (non-hydrogen) atoms. The van der Waals surface area contributed by atoms with Gasteiger partial charge in [-0.15, -0.1) is 5.10 Å². The molecule has 16 heteroatoms. The molecule has 3 N–H and O–H groups in total. The Morgan fingerprint density at radius 1 is 1.07 bits per heavy atom. The SMILES string of the molecule is C[C@@H]1CCC[C@H](n2cnc(-c3cc(Cl)ccc3-n3cc(Cl)nn3)cc2=O)c2cc(ccn2)-c2c(cnn2C(F)F)NC1=O.O. The van der Waals surface area contributed by atoms with Crippen molar-refractivity contribution < 1.29 is 19.1 Å². The third-order valence-corrected chi connectivity index (χ3v) is 7.72. The van der Waals surface area contributed by atoms with Crippen molar-refractivity contribution in [2.75, 3.05) is 5.32 Å². The first-order chi connectivity index (χ1) is 20.7. The number of aromatic nitrogens is 8. The molecule has 2 atom stereocenters. The van der Waals surface area contributed by atoms with Gasteiger partial charge in [0.15, 0.2) is 5.15 Å². The third-order valence-electron chi connectivity index (χ3n) is 7.31. The number of halogens is 4. The second kappa shape index (κ2) is 12.6. The molecule has 0 fully saturated rings. The molecule has 5 heterocycles. The summed E-state index contributed by atoms with van der Waals surface area (Å²) in [4.78, 5) is 35.6. The van der Waals surface area contributed by atoms with Crippen LogP contribution in [0.25, 0.3) is 28.2 Å². The van der Waals surface area contributed by atoms with Crippen molar-refractivity contribution in [1.82, 2.24) is 39.3 Å². The summed E-state index contributed by atoms with van der Waals surface area (Å²) in [5, 5.41) is 15.0. The fourth-order valence-electron chi connectivity index (χ4n) is 5.17. The molecule has 1 aliphatic rings. The molecule has 0 radical (unpaired) electrons. The van der Waals surface area contributed by atoms with Crippen molar-refractivity contribution >= 4 is 34.8 Å². The number of fused-ring (bicyclic) bond motifs is 4. The molecule has 0 saturated heterocycles. The topological polar surface area (TPSA) is 157 Å². The summed E-state index contributed by atoms with van der Waals surface area (Å²) >= 11 is 12.3. The molecule has 2 bridgehead atoms. The van der Waals surface area contributed by atoms with Crippen LogP contribution in [0.15, 0.2) is 66.1 Å². The van der Waals surface area contributed by atoms with Crippen molar-refractivity contribution in [2.24, 2.45) is 5.92 Å². The lowest BCUT2D eigenvalue weighted by molar-refractivity contribution is -0.119. The lowest BCUT2D eigenvalue weighted by Crippen LogP contribution is -2.27. The fraction of sp³-hybridized carbons (Fsp3) is 0.250. The molecular weight excluding hydrogens is 619 g/mol. The Morgan fingerprint density at radius 3 is 2.61 bits per heavy atom. The average molecular weight is 644 g/mol. The molecule has 0 saturated carbocycles. The number of benzene rings is 1. The quantitative estimate of drug-likeness (QED) is 0.289. The Balaban J connectivity index is 0.00000384. The van der Waals surface area contributed by atoms with Gasteiger partial charge in [-0.2, -0.15) is 13.9 Å². The summed E-state index contributed by atoms with van der Waals surface area (Å²) < 4.78 is 31.3. The Bertz CT molecular complexity index is 1890. The monoisotopic (exact) mass is 643 g/mol. The van der Waals surface area contributed by atoms with Crippen molar-refractivity contribution in [2.45, 2.75) is 38.8 Å². The summed E-state index contributed by atoms with van der Waals surface area (Å²) in [6, 6.07) is 9.03. The van der Waals surface area contributed by atoms with E-state index in [1.165, 1.54) is 40.2 Å². The Hall–Kier alpha value is -4.53. The van der Waals surface area contributed by atoms with Crippen LogP contribution in [0.1, 0.15) is 44.5 Å². The van der Waals surface area contributed by atoms with Crippen LogP contribution in [-0.4, -0.2) is 50.7 Å². The predicted octanol–water partition coefficient (Wildman–Crippen LogP) is 4.97. The van der Waals surface area contributed by atoms with Crippen LogP contribution in [0.3, 0.4) is 0 Å². The van der Waals surface area contributed by atoms with Gasteiger partial charge in [-0.05, 0) is 43.2 Å². The molecule has 5 aromatic rings. The molecule has 4 aromatic heterocycles. The van der Waals surface area contributed by atoms with Crippen molar-refractivity contribution in [3.63, 3.8) is 0 Å². The minimum atomic E-state index is -2.94. The fourth-order valence-corrected chi connectivity index (χ4v) is 5.47. The minimum Gasteiger partial charge on any atom is -0.412 e. The smallest absolute Gasteiger partial charge is 0.333 e. The Kier molecular flexibility index (Phi) is 8.85. The summed E-state index contributed by atoms with van der Waals surface area (Å²) in [5.41, 5.74) is 2.11. The zero-order chi connectivity index (χ0) is 30.2. The number of hydrogen-bond acceptors (Lipinski definition) is 7. The average Bonchev–Trinajstić information content (AvgIpc) is 3.61. The van der Waals surface area contributed by atoms with Crippen LogP contribution < -0.4 is 10.9 Å². The minimum absolute atomic E-state index is 0. The van der Waals surface area contributed by atoms with Gasteiger partial charge in [0.1, 0.15) is 0 Å². The highest BCUT2D eigenvalue weighted by Crippen LogP contribution is 2.35. The Labute approximate surface area is 258 Å². The summed E-state index contributed by atoms with van der Waals surface area (Å²) in [6.45, 7) is -1.18. The van der Waals surface area contributed by atoms with E-state index in [1.807, 2.05) is 0 Å². The van der Waals surface area contributed by atoms with Crippen molar-refractivity contribution in [1.29, 1.82) is 0 Å². The number of nitrogens with zero attached hydrogens (tertiary/aromatic N) is 8. The maximum Gasteiger partial charge on any atom is 0.333 e. The number of carbonyl (C=O) groups excluding carboxylic acids is 1. The van der Waals surface area contributed by atoms with E-state index in [2.05, 4.69) is 30.7 Å². The van der Waals surface area contributed by atoms with Gasteiger partial charge < -0.3 is 10.8 Å². The van der Waals surface area contributed by atoms with E-state index in [0.29, 0.717) is 57.2 Å². The molecule has 1 aromatic carbocycles. The molecular formula is C28H25Cl2F2N9O3. The molecule has 12 nitrogen and oxygen atoms in total. The van der Waals surface area contributed by atoms with E-state index < -0.39 is 18.5 Å². The third kappa shape index (κ3) is 5.96. The number of pyridine rings is 1. The normalized spacial score (nSPS) is 16.8. The van der Waals surface area contributed by atoms with Crippen LogP contribution in [0, 0.1) is 5.92 Å². The first-order valence-corrected chi connectivity index (χ1v) is 14.0. The maximum atomic E-state index is 13.9. The molecule has 1 amide bonds. The lowest BCUT2D eigenvalue weighted by Gasteiger charge is -2.22. The van der Waals surface area contributed by atoms with Crippen LogP contribution in [0.2, 0.25) is 10.2 Å². The van der Waals surface area contributed by atoms with E-state index in [4.69, 9.17) is 23.2 Å². The molecule has 6 rings (SSSR count). The van der Waals surface area contributed by atoms with Crippen molar-refractivity contribution in [3.8, 4) is 28.2 Å². The summed E-state index contributed by atoms with van der Waals surface area (Å²) in [7, 11) is 0. The number of rotatable bonds is 4. The number of hydrogen-bond donors (Lipinski definition) is 1. The molecule has 0 unspecified atom stereocenters. The van der Waals surface area contributed by atoms with Crippen LogP contribution in [0.4, 0.5) is 14.5 Å². The highest BCUT2D eigenvalue weighted by atomic mass is 35.5. The van der Waals surface area contributed by atoms with Gasteiger partial charge in [0.05, 0.1) is 53.2 Å². The number of alkyl halides is 2. The van der Waals surface area contributed by atoms with Gasteiger partial charge in [-0.25, -0.2) is 14.3 Å². The standard InChI is InChI=1S/C28H23Cl2F2N9O2.H2O/c1-15-3-2-4-23(20-9-16(7-8-33-20)26-21(36-27(15)43)12-35-41(26)28(31)32)39-14-34-19(11-25(39)42)18-10-17(29)5-6-22(18)40-13-24(30)37-38-40;/h5-15,23,28H,2-4H2,1H3,(H,36,43);1H2/t15-,23+;/m1./s1. The van der Waals surface area contributed by atoms with Gasteiger partial charge in [0, 0.05) is 34.3 Å². The van der Waals surface area contributed by atoms with Gasteiger partial charge in [0.25, 0.3) is 5.56 Å². The first kappa shape index (κ1) is 30.9. The number of nitrogens with one attached hydrogen (secondary N) is 1. The van der Waals surface area contributed by atoms with Crippen LogP contribution in [0.5, 0.6) is 0 Å². The summed E-state index contributed by atoms with van der Waals surface area (Å²) in [6.07, 6.45) is 7.14. The van der Waals surface area contributed by atoms with Gasteiger partial charge in [0.2, 0.25) is 5.91 Å². The van der Waals surface area contributed by atoms with E-state index >= 15 is 0 Å². The van der Waals surface area contributed by atoms with E-state index in [0.717, 1.165) is 0 Å². The number of anilines is 1. The van der Waals surface area contributed by atoms with Gasteiger partial charge >= 0.3 is 6.55 Å². The zero-order valence-corrected chi connectivity index (χ0v) is 24.5. The highest BCUT2D eigenvalue weighted by molar-refractivity contribution is 6.31. The molecule has 228 valence electrons. The van der Waals surface area contributed by atoms with E-state index in [9.17, 15) is 18.4 Å². The molecule has 1 aliphatic heterocycles. The Morgan fingerprint density at radius 2 is 1.89 bits per heavy atom. The van der Waals surface area contributed by atoms with Crippen LogP contribution in [-0.2, 0) is 4.79 Å². The number of carbonyl (C=O) groups is 1. The van der Waals surface area contributed by atoms with Gasteiger partial charge in [-0.3, -0.25) is 19.1 Å². The van der Waals surface area contributed by atoms with Gasteiger partial charge in [-0.1, -0.05) is 41.8 Å². The first-order valence-electron chi connectivity index (χ1n) is 13.3. The lowest BCUT2D eigenvalue weighted by atomic mass is 9.97. The van der Waals surface area contributed by atoms with E-state index in [1.54, 1.807) is 37.3 Å². The maximum absolute atomic E-state index is 13.9. The van der Waals surface area contributed by atoms with Crippen LogP contribution >= 0.6 is 23.2 Å². The number of amides is 1. The molecule has 0 aliphatic carbocycles. The summed E-state index contributed by atoms with van der Waals surface area (Å²) in [5.74, 6) is -0.728. The largest absolute Gasteiger partial charge is 0.412 e. The van der Waals surface area contributed by atoms with E-state index in [-0.39, 0.29) is 33.5 Å². The van der Waals surface area contributed by atoms with Crippen molar-refractivity contribution in [3.05, 3.63) is 87.5 Å². The zero-order valence-electron chi connectivity index (χ0n) is 23.0. The second-order valence-corrected chi connectivity index (χ2v) is 10.9. The molecule has 0 spiro atoms. The predicted molar refractivity (Wildman–Crippen MR) is 159 cm³/mol. The second-order valence-electron chi connectivity index (χ2n) is 10.1.